The number of piperidine rings is 1. The van der Waals surface area contributed by atoms with Crippen LogP contribution in [0.4, 0.5) is 0 Å². The lowest BCUT2D eigenvalue weighted by molar-refractivity contribution is -0.122. The molecule has 0 radical (unpaired) electrons. The Labute approximate surface area is 113 Å². The van der Waals surface area contributed by atoms with Crippen molar-refractivity contribution in [3.05, 3.63) is 11.9 Å². The number of carbonyl (C=O) groups is 1. The van der Waals surface area contributed by atoms with Gasteiger partial charge in [0.15, 0.2) is 0 Å². The van der Waals surface area contributed by atoms with E-state index in [0.29, 0.717) is 12.5 Å². The summed E-state index contributed by atoms with van der Waals surface area (Å²) in [6.07, 6.45) is 7.27. The van der Waals surface area contributed by atoms with E-state index in [1.54, 1.807) is 6.20 Å². The van der Waals surface area contributed by atoms with Crippen LogP contribution in [0.15, 0.2) is 6.20 Å². The molecule has 2 rings (SSSR count). The number of unbranched alkanes of at least 4 members (excludes halogenated alkanes) is 1. The van der Waals surface area contributed by atoms with Gasteiger partial charge in [-0.3, -0.25) is 4.79 Å². The normalized spacial score (nSPS) is 17.5. The molecular formula is C13H23N5O. The predicted octanol–water partition coefficient (Wildman–Crippen LogP) is 0.728. The molecule has 106 valence electrons. The molecule has 0 aliphatic carbocycles. The Bertz CT molecular complexity index is 370. The molecule has 0 spiro atoms. The van der Waals surface area contributed by atoms with Gasteiger partial charge < -0.3 is 10.2 Å². The highest BCUT2D eigenvalue weighted by Crippen LogP contribution is 2.09. The van der Waals surface area contributed by atoms with E-state index in [-0.39, 0.29) is 5.91 Å². The third kappa shape index (κ3) is 4.98. The van der Waals surface area contributed by atoms with E-state index in [2.05, 4.69) is 32.7 Å². The van der Waals surface area contributed by atoms with Gasteiger partial charge >= 0.3 is 0 Å². The van der Waals surface area contributed by atoms with Gasteiger partial charge in [-0.15, -0.1) is 0 Å². The highest BCUT2D eigenvalue weighted by atomic mass is 16.1. The average Bonchev–Trinajstić information content (AvgIpc) is 2.91. The molecule has 0 bridgehead atoms. The van der Waals surface area contributed by atoms with Crippen LogP contribution >= 0.6 is 0 Å². The number of rotatable bonds is 6. The average molecular weight is 265 g/mol. The minimum Gasteiger partial charge on any atom is -0.353 e. The van der Waals surface area contributed by atoms with E-state index in [1.807, 2.05) is 0 Å². The number of H-pyrrole nitrogens is 1. The van der Waals surface area contributed by atoms with Crippen molar-refractivity contribution in [1.82, 2.24) is 25.6 Å². The molecule has 0 aromatic carbocycles. The first kappa shape index (κ1) is 14.0. The molecule has 1 aromatic heterocycles. The predicted molar refractivity (Wildman–Crippen MR) is 72.6 cm³/mol. The Morgan fingerprint density at radius 1 is 1.47 bits per heavy atom. The molecule has 1 aliphatic rings. The molecule has 6 heteroatoms. The van der Waals surface area contributed by atoms with Crippen LogP contribution in [0.1, 0.15) is 37.8 Å². The third-order valence-corrected chi connectivity index (χ3v) is 3.64. The summed E-state index contributed by atoms with van der Waals surface area (Å²) >= 11 is 0. The summed E-state index contributed by atoms with van der Waals surface area (Å²) in [5.74, 6) is 0.190. The van der Waals surface area contributed by atoms with Crippen molar-refractivity contribution >= 4 is 5.91 Å². The van der Waals surface area contributed by atoms with E-state index in [9.17, 15) is 4.79 Å². The van der Waals surface area contributed by atoms with Crippen LogP contribution in [-0.2, 0) is 11.2 Å². The van der Waals surface area contributed by atoms with E-state index in [1.165, 1.54) is 0 Å². The molecule has 6 nitrogen and oxygen atoms in total. The topological polar surface area (TPSA) is 73.9 Å². The highest BCUT2D eigenvalue weighted by molar-refractivity contribution is 5.76. The van der Waals surface area contributed by atoms with Crippen molar-refractivity contribution in [2.24, 2.45) is 0 Å². The molecule has 0 atom stereocenters. The molecule has 1 saturated heterocycles. The quantitative estimate of drug-likeness (QED) is 0.744. The van der Waals surface area contributed by atoms with Crippen LogP contribution in [0.2, 0.25) is 0 Å². The van der Waals surface area contributed by atoms with Crippen LogP contribution < -0.4 is 5.32 Å². The molecule has 1 fully saturated rings. The van der Waals surface area contributed by atoms with Gasteiger partial charge in [0.1, 0.15) is 0 Å². The molecule has 19 heavy (non-hydrogen) atoms. The van der Waals surface area contributed by atoms with Gasteiger partial charge in [0, 0.05) is 12.5 Å². The maximum atomic E-state index is 11.8. The summed E-state index contributed by atoms with van der Waals surface area (Å²) in [5.41, 5.74) is 0.968. The third-order valence-electron chi connectivity index (χ3n) is 3.64. The van der Waals surface area contributed by atoms with Gasteiger partial charge in [-0.25, -0.2) is 0 Å². The number of nitrogens with one attached hydrogen (secondary N) is 2. The van der Waals surface area contributed by atoms with Gasteiger partial charge in [-0.05, 0) is 52.2 Å². The number of nitrogens with zero attached hydrogens (tertiary/aromatic N) is 3. The Morgan fingerprint density at radius 2 is 2.26 bits per heavy atom. The number of aryl methyl sites for hydroxylation is 1. The number of likely N-dealkylation sites (tertiary alicyclic amines) is 1. The van der Waals surface area contributed by atoms with Gasteiger partial charge in [0.2, 0.25) is 5.91 Å². The van der Waals surface area contributed by atoms with Crippen molar-refractivity contribution in [2.75, 3.05) is 20.1 Å². The second-order valence-corrected chi connectivity index (χ2v) is 5.31. The number of hydrogen-bond acceptors (Lipinski definition) is 4. The fourth-order valence-corrected chi connectivity index (χ4v) is 2.39. The van der Waals surface area contributed by atoms with Gasteiger partial charge in [0.05, 0.1) is 11.9 Å². The first-order valence-corrected chi connectivity index (χ1v) is 7.06. The van der Waals surface area contributed by atoms with Crippen LogP contribution in [0.25, 0.3) is 0 Å². The van der Waals surface area contributed by atoms with E-state index in [0.717, 1.165) is 50.9 Å². The summed E-state index contributed by atoms with van der Waals surface area (Å²) in [7, 11) is 2.13. The van der Waals surface area contributed by atoms with Crippen molar-refractivity contribution < 1.29 is 4.79 Å². The first-order chi connectivity index (χ1) is 9.24. The Balaban J connectivity index is 1.54. The van der Waals surface area contributed by atoms with Crippen LogP contribution in [0.5, 0.6) is 0 Å². The minimum atomic E-state index is 0.190. The summed E-state index contributed by atoms with van der Waals surface area (Å²) < 4.78 is 0. The zero-order valence-electron chi connectivity index (χ0n) is 11.6. The molecule has 0 unspecified atom stereocenters. The molecule has 1 amide bonds. The maximum absolute atomic E-state index is 11.8. The first-order valence-electron chi connectivity index (χ1n) is 7.06. The SMILES string of the molecule is CN1CCC(NC(=O)CCCCc2cn[nH]n2)CC1. The van der Waals surface area contributed by atoms with Crippen LogP contribution in [0, 0.1) is 0 Å². The monoisotopic (exact) mass is 265 g/mol. The molecule has 2 heterocycles. The van der Waals surface area contributed by atoms with E-state index < -0.39 is 0 Å². The molecule has 1 aromatic rings. The molecule has 2 N–H and O–H groups in total. The van der Waals surface area contributed by atoms with Crippen LogP contribution in [0.3, 0.4) is 0 Å². The van der Waals surface area contributed by atoms with Gasteiger partial charge in [-0.1, -0.05) is 0 Å². The minimum absolute atomic E-state index is 0.190. The lowest BCUT2D eigenvalue weighted by Crippen LogP contribution is -2.43. The fraction of sp³-hybridized carbons (Fsp3) is 0.769. The Kier molecular flexibility index (Phi) is 5.32. The van der Waals surface area contributed by atoms with Gasteiger partial charge in [0.25, 0.3) is 0 Å². The van der Waals surface area contributed by atoms with E-state index in [4.69, 9.17) is 0 Å². The zero-order chi connectivity index (χ0) is 13.5. The number of carbonyl (C=O) groups excluding carboxylic acids is 1. The Morgan fingerprint density at radius 3 is 2.95 bits per heavy atom. The number of aromatic amines is 1. The van der Waals surface area contributed by atoms with Crippen molar-refractivity contribution in [3.8, 4) is 0 Å². The summed E-state index contributed by atoms with van der Waals surface area (Å²) in [4.78, 5) is 14.1. The number of amides is 1. The number of aromatic nitrogens is 3. The maximum Gasteiger partial charge on any atom is 0.220 e. The second kappa shape index (κ2) is 7.23. The lowest BCUT2D eigenvalue weighted by Gasteiger charge is -2.29. The largest absolute Gasteiger partial charge is 0.353 e. The molecule has 1 aliphatic heterocycles. The van der Waals surface area contributed by atoms with Crippen LogP contribution in [-0.4, -0.2) is 52.4 Å². The lowest BCUT2D eigenvalue weighted by atomic mass is 10.1. The van der Waals surface area contributed by atoms with Crippen molar-refractivity contribution in [1.29, 1.82) is 0 Å². The second-order valence-electron chi connectivity index (χ2n) is 5.31. The van der Waals surface area contributed by atoms with Crippen molar-refractivity contribution in [2.45, 2.75) is 44.6 Å². The summed E-state index contributed by atoms with van der Waals surface area (Å²) in [6.45, 7) is 2.16. The van der Waals surface area contributed by atoms with Crippen molar-refractivity contribution in [3.63, 3.8) is 0 Å². The molecular weight excluding hydrogens is 242 g/mol. The number of hydrogen-bond donors (Lipinski definition) is 2. The summed E-state index contributed by atoms with van der Waals surface area (Å²) in [5, 5.41) is 13.5. The standard InChI is InChI=1S/C13H23N5O/c1-18-8-6-11(7-9-18)15-13(19)5-3-2-4-12-10-14-17-16-12/h10-11H,2-9H2,1H3,(H,15,19)(H,14,16,17). The molecule has 0 saturated carbocycles. The van der Waals surface area contributed by atoms with Gasteiger partial charge in [-0.2, -0.15) is 15.4 Å². The Hall–Kier alpha value is -1.43. The zero-order valence-corrected chi connectivity index (χ0v) is 11.6. The smallest absolute Gasteiger partial charge is 0.220 e. The summed E-state index contributed by atoms with van der Waals surface area (Å²) in [6, 6.07) is 0.374. The fourth-order valence-electron chi connectivity index (χ4n) is 2.39. The van der Waals surface area contributed by atoms with E-state index >= 15 is 0 Å². The highest BCUT2D eigenvalue weighted by Gasteiger charge is 2.17.